The Balaban J connectivity index is 1.30. The molecule has 1 fully saturated rings. The number of aromatic nitrogens is 4. The Morgan fingerprint density at radius 3 is 2.71 bits per heavy atom. The lowest BCUT2D eigenvalue weighted by atomic mass is 10.1. The van der Waals surface area contributed by atoms with Gasteiger partial charge in [-0.15, -0.1) is 21.5 Å². The number of piperidine rings is 1. The normalized spacial score (nSPS) is 14.8. The molecule has 0 atom stereocenters. The molecule has 0 radical (unpaired) electrons. The molecule has 1 aromatic carbocycles. The van der Waals surface area contributed by atoms with Gasteiger partial charge in [0.15, 0.2) is 5.11 Å². The molecule has 0 bridgehead atoms. The van der Waals surface area contributed by atoms with Crippen molar-refractivity contribution in [2.24, 2.45) is 0 Å². The van der Waals surface area contributed by atoms with Crippen LogP contribution in [0.5, 0.6) is 5.75 Å². The predicted octanol–water partition coefficient (Wildman–Crippen LogP) is 3.83. The zero-order chi connectivity index (χ0) is 19.3. The van der Waals surface area contributed by atoms with Crippen LogP contribution in [0.1, 0.15) is 25.8 Å². The largest absolute Gasteiger partial charge is 0.494 e. The molecule has 9 heteroatoms. The molecule has 4 rings (SSSR count). The monoisotopic (exact) mass is 414 g/mol. The van der Waals surface area contributed by atoms with Gasteiger partial charge < -0.3 is 15.0 Å². The van der Waals surface area contributed by atoms with Gasteiger partial charge in [0.2, 0.25) is 5.82 Å². The summed E-state index contributed by atoms with van der Waals surface area (Å²) in [5, 5.41) is 19.1. The third kappa shape index (κ3) is 4.31. The Kier molecular flexibility index (Phi) is 5.82. The van der Waals surface area contributed by atoms with E-state index in [0.717, 1.165) is 47.4 Å². The summed E-state index contributed by atoms with van der Waals surface area (Å²) in [5.74, 6) is 1.56. The average Bonchev–Trinajstić information content (AvgIpc) is 3.42. The highest BCUT2D eigenvalue weighted by atomic mass is 32.1. The maximum absolute atomic E-state index is 5.59. The molecule has 3 heterocycles. The molecule has 0 unspecified atom stereocenters. The van der Waals surface area contributed by atoms with E-state index in [4.69, 9.17) is 17.0 Å². The van der Waals surface area contributed by atoms with Crippen molar-refractivity contribution in [2.75, 3.05) is 25.0 Å². The van der Waals surface area contributed by atoms with Crippen molar-refractivity contribution in [2.45, 2.75) is 25.8 Å². The number of tetrazole rings is 1. The molecule has 1 N–H and O–H groups in total. The van der Waals surface area contributed by atoms with Gasteiger partial charge in [0.1, 0.15) is 5.75 Å². The minimum Gasteiger partial charge on any atom is -0.494 e. The lowest BCUT2D eigenvalue weighted by molar-refractivity contribution is 0.238. The third-order valence-corrected chi connectivity index (χ3v) is 5.89. The van der Waals surface area contributed by atoms with Crippen molar-refractivity contribution in [3.8, 4) is 16.5 Å². The first-order valence-corrected chi connectivity index (χ1v) is 10.6. The fourth-order valence-electron chi connectivity index (χ4n) is 3.19. The first-order chi connectivity index (χ1) is 13.7. The van der Waals surface area contributed by atoms with Crippen molar-refractivity contribution in [1.29, 1.82) is 0 Å². The Bertz CT molecular complexity index is 901. The van der Waals surface area contributed by atoms with Crippen molar-refractivity contribution in [3.05, 3.63) is 41.8 Å². The van der Waals surface area contributed by atoms with Crippen LogP contribution >= 0.6 is 23.6 Å². The number of rotatable bonds is 5. The van der Waals surface area contributed by atoms with Gasteiger partial charge >= 0.3 is 0 Å². The number of ether oxygens (including phenoxy) is 1. The molecule has 1 saturated heterocycles. The van der Waals surface area contributed by atoms with E-state index in [1.165, 1.54) is 0 Å². The van der Waals surface area contributed by atoms with Gasteiger partial charge in [-0.25, -0.2) is 0 Å². The molecule has 1 aliphatic rings. The lowest BCUT2D eigenvalue weighted by Crippen LogP contribution is -2.41. The number of hydrogen-bond donors (Lipinski definition) is 1. The average molecular weight is 415 g/mol. The van der Waals surface area contributed by atoms with Crippen LogP contribution in [0.2, 0.25) is 0 Å². The van der Waals surface area contributed by atoms with Crippen LogP contribution < -0.4 is 10.1 Å². The lowest BCUT2D eigenvalue weighted by Gasteiger charge is -2.33. The summed E-state index contributed by atoms with van der Waals surface area (Å²) in [6.45, 7) is 4.37. The molecule has 1 aliphatic heterocycles. The number of hydrogen-bond acceptors (Lipinski definition) is 6. The highest BCUT2D eigenvalue weighted by Crippen LogP contribution is 2.25. The standard InChI is InChI=1S/C19H22N6OS2/c1-2-26-16-7-5-14(6-8-16)20-19(27)24-11-9-15(10-12-24)25-22-18(21-23-25)17-4-3-13-28-17/h3-8,13,15H,2,9-12H2,1H3,(H,20,27). The number of nitrogens with zero attached hydrogens (tertiary/aromatic N) is 5. The SMILES string of the molecule is CCOc1ccc(NC(=S)N2CCC(n3nnc(-c4cccs4)n3)CC2)cc1. The minimum absolute atomic E-state index is 0.255. The summed E-state index contributed by atoms with van der Waals surface area (Å²) in [6, 6.07) is 12.1. The summed E-state index contributed by atoms with van der Waals surface area (Å²) in [6.07, 6.45) is 1.87. The molecule has 146 valence electrons. The predicted molar refractivity (Wildman–Crippen MR) is 115 cm³/mol. The van der Waals surface area contributed by atoms with E-state index in [1.807, 2.05) is 48.7 Å². The van der Waals surface area contributed by atoms with E-state index >= 15 is 0 Å². The molecule has 28 heavy (non-hydrogen) atoms. The van der Waals surface area contributed by atoms with Crippen molar-refractivity contribution in [1.82, 2.24) is 25.1 Å². The molecule has 0 saturated carbocycles. The van der Waals surface area contributed by atoms with Gasteiger partial charge in [0, 0.05) is 18.8 Å². The van der Waals surface area contributed by atoms with Crippen LogP contribution in [0.25, 0.3) is 10.7 Å². The second-order valence-electron chi connectivity index (χ2n) is 6.52. The number of nitrogens with one attached hydrogen (secondary N) is 1. The Morgan fingerprint density at radius 1 is 1.25 bits per heavy atom. The number of thiophene rings is 1. The van der Waals surface area contributed by atoms with Crippen LogP contribution in [0.3, 0.4) is 0 Å². The van der Waals surface area contributed by atoms with E-state index in [0.29, 0.717) is 12.4 Å². The zero-order valence-corrected chi connectivity index (χ0v) is 17.2. The van der Waals surface area contributed by atoms with E-state index in [2.05, 4.69) is 25.6 Å². The van der Waals surface area contributed by atoms with Crippen LogP contribution in [0, 0.1) is 0 Å². The molecule has 0 amide bonds. The van der Waals surface area contributed by atoms with E-state index < -0.39 is 0 Å². The first-order valence-electron chi connectivity index (χ1n) is 9.35. The summed E-state index contributed by atoms with van der Waals surface area (Å²) in [5.41, 5.74) is 0.967. The Labute approximate surface area is 173 Å². The third-order valence-electron chi connectivity index (χ3n) is 4.66. The first kappa shape index (κ1) is 18.8. The van der Waals surface area contributed by atoms with Gasteiger partial charge in [0.05, 0.1) is 17.5 Å². The number of anilines is 1. The van der Waals surface area contributed by atoms with Gasteiger partial charge in [-0.05, 0) is 72.9 Å². The second kappa shape index (κ2) is 8.66. The fourth-order valence-corrected chi connectivity index (χ4v) is 4.14. The van der Waals surface area contributed by atoms with Gasteiger partial charge in [-0.3, -0.25) is 0 Å². The summed E-state index contributed by atoms with van der Waals surface area (Å²) >= 11 is 7.21. The van der Waals surface area contributed by atoms with Gasteiger partial charge in [0.25, 0.3) is 0 Å². The zero-order valence-electron chi connectivity index (χ0n) is 15.6. The molecule has 0 aliphatic carbocycles. The van der Waals surface area contributed by atoms with Gasteiger partial charge in [-0.2, -0.15) is 4.80 Å². The molecular formula is C19H22N6OS2. The van der Waals surface area contributed by atoms with Crippen LogP contribution in [0.4, 0.5) is 5.69 Å². The molecule has 2 aromatic heterocycles. The topological polar surface area (TPSA) is 68.1 Å². The van der Waals surface area contributed by atoms with Crippen LogP contribution in [-0.4, -0.2) is 49.9 Å². The number of likely N-dealkylation sites (tertiary alicyclic amines) is 1. The van der Waals surface area contributed by atoms with E-state index in [1.54, 1.807) is 16.1 Å². The summed E-state index contributed by atoms with van der Waals surface area (Å²) in [7, 11) is 0. The Morgan fingerprint density at radius 2 is 2.04 bits per heavy atom. The highest BCUT2D eigenvalue weighted by molar-refractivity contribution is 7.80. The Hall–Kier alpha value is -2.52. The molecule has 0 spiro atoms. The van der Waals surface area contributed by atoms with E-state index in [9.17, 15) is 0 Å². The van der Waals surface area contributed by atoms with Crippen molar-refractivity contribution >= 4 is 34.4 Å². The van der Waals surface area contributed by atoms with Crippen molar-refractivity contribution in [3.63, 3.8) is 0 Å². The number of benzene rings is 1. The summed E-state index contributed by atoms with van der Waals surface area (Å²) < 4.78 is 5.47. The molecule has 7 nitrogen and oxygen atoms in total. The minimum atomic E-state index is 0.255. The van der Waals surface area contributed by atoms with E-state index in [-0.39, 0.29) is 6.04 Å². The molecule has 3 aromatic rings. The van der Waals surface area contributed by atoms with Crippen LogP contribution in [-0.2, 0) is 0 Å². The highest BCUT2D eigenvalue weighted by Gasteiger charge is 2.24. The number of thiocarbonyl (C=S) groups is 1. The van der Waals surface area contributed by atoms with Crippen molar-refractivity contribution < 1.29 is 4.74 Å². The fraction of sp³-hybridized carbons (Fsp3) is 0.368. The maximum atomic E-state index is 5.59. The summed E-state index contributed by atoms with van der Waals surface area (Å²) in [4.78, 5) is 5.00. The quantitative estimate of drug-likeness (QED) is 0.636. The molecular weight excluding hydrogens is 392 g/mol. The maximum Gasteiger partial charge on any atom is 0.214 e. The smallest absolute Gasteiger partial charge is 0.214 e. The van der Waals surface area contributed by atoms with Crippen LogP contribution in [0.15, 0.2) is 41.8 Å². The second-order valence-corrected chi connectivity index (χ2v) is 7.85. The van der Waals surface area contributed by atoms with Gasteiger partial charge in [-0.1, -0.05) is 6.07 Å².